The average molecular weight is 442 g/mol. The van der Waals surface area contributed by atoms with Gasteiger partial charge in [0, 0.05) is 11.8 Å². The quantitative estimate of drug-likeness (QED) is 0.456. The molecule has 0 saturated heterocycles. The monoisotopic (exact) mass is 441 g/mol. The van der Waals surface area contributed by atoms with Gasteiger partial charge in [-0.3, -0.25) is 14.0 Å². The molecular weight excluding hydrogens is 424 g/mol. The molecule has 0 aliphatic carbocycles. The Morgan fingerprint density at radius 2 is 1.71 bits per heavy atom. The highest BCUT2D eigenvalue weighted by molar-refractivity contribution is 6.04. The van der Waals surface area contributed by atoms with E-state index in [1.54, 1.807) is 12.3 Å². The molecule has 2 aromatic carbocycles. The Bertz CT molecular complexity index is 1270. The molecule has 8 heteroatoms. The number of ketones is 1. The van der Waals surface area contributed by atoms with Crippen molar-refractivity contribution in [2.45, 2.75) is 13.0 Å². The van der Waals surface area contributed by atoms with Gasteiger partial charge in [-0.2, -0.15) is 0 Å². The summed E-state index contributed by atoms with van der Waals surface area (Å²) in [6, 6.07) is 14.2. The van der Waals surface area contributed by atoms with Crippen LogP contribution in [0.2, 0.25) is 0 Å². The molecule has 4 rings (SSSR count). The van der Waals surface area contributed by atoms with Crippen LogP contribution in [0.5, 0.6) is 0 Å². The van der Waals surface area contributed by atoms with Crippen molar-refractivity contribution in [1.29, 1.82) is 0 Å². The molecule has 1 unspecified atom stereocenters. The Balaban J connectivity index is 0.00000272. The van der Waals surface area contributed by atoms with Gasteiger partial charge in [-0.15, -0.1) is 12.4 Å². The standard InChI is InChI=1S/C23H17F2N3O2.ClH/c1-14(22(29)16-6-2-3-7-18(16)24)27-23(30)17-10-9-15(12-19(17)25)20-13-26-21-8-4-5-11-28(20)21;/h2-14H,1H3,(H,27,30);1H. The van der Waals surface area contributed by atoms with E-state index < -0.39 is 29.4 Å². The van der Waals surface area contributed by atoms with E-state index in [9.17, 15) is 18.4 Å². The van der Waals surface area contributed by atoms with Crippen molar-refractivity contribution in [1.82, 2.24) is 14.7 Å². The number of carbonyl (C=O) groups excluding carboxylic acids is 2. The van der Waals surface area contributed by atoms with Gasteiger partial charge in [-0.1, -0.05) is 24.3 Å². The van der Waals surface area contributed by atoms with Crippen molar-refractivity contribution >= 4 is 29.7 Å². The van der Waals surface area contributed by atoms with Gasteiger partial charge in [0.15, 0.2) is 5.78 Å². The first kappa shape index (κ1) is 22.1. The van der Waals surface area contributed by atoms with Crippen LogP contribution in [0.1, 0.15) is 27.6 Å². The lowest BCUT2D eigenvalue weighted by Crippen LogP contribution is -2.39. The van der Waals surface area contributed by atoms with Gasteiger partial charge in [-0.25, -0.2) is 13.8 Å². The van der Waals surface area contributed by atoms with Crippen LogP contribution < -0.4 is 5.32 Å². The van der Waals surface area contributed by atoms with Crippen molar-refractivity contribution in [2.24, 2.45) is 0 Å². The van der Waals surface area contributed by atoms with Crippen LogP contribution in [-0.4, -0.2) is 27.1 Å². The van der Waals surface area contributed by atoms with Crippen LogP contribution in [0.3, 0.4) is 0 Å². The highest BCUT2D eigenvalue weighted by atomic mass is 35.5. The molecule has 0 radical (unpaired) electrons. The number of halogens is 3. The van der Waals surface area contributed by atoms with Crippen LogP contribution in [-0.2, 0) is 0 Å². The van der Waals surface area contributed by atoms with Gasteiger partial charge in [-0.05, 0) is 43.3 Å². The van der Waals surface area contributed by atoms with Crippen LogP contribution in [0.15, 0.2) is 73.1 Å². The second kappa shape index (κ2) is 9.06. The van der Waals surface area contributed by atoms with Gasteiger partial charge < -0.3 is 5.32 Å². The first-order valence-electron chi connectivity index (χ1n) is 9.27. The zero-order valence-corrected chi connectivity index (χ0v) is 17.2. The molecule has 0 saturated carbocycles. The van der Waals surface area contributed by atoms with Gasteiger partial charge >= 0.3 is 0 Å². The third-order valence-electron chi connectivity index (χ3n) is 4.81. The summed E-state index contributed by atoms with van der Waals surface area (Å²) < 4.78 is 30.3. The van der Waals surface area contributed by atoms with Crippen molar-refractivity contribution in [3.05, 3.63) is 95.8 Å². The second-order valence-corrected chi connectivity index (χ2v) is 6.81. The van der Waals surface area contributed by atoms with Crippen LogP contribution in [0.4, 0.5) is 8.78 Å². The number of hydrogen-bond donors (Lipinski definition) is 1. The van der Waals surface area contributed by atoms with Crippen LogP contribution in [0, 0.1) is 11.6 Å². The van der Waals surface area contributed by atoms with E-state index in [1.165, 1.54) is 43.3 Å². The smallest absolute Gasteiger partial charge is 0.254 e. The Labute approximate surface area is 183 Å². The van der Waals surface area contributed by atoms with Crippen LogP contribution in [0.25, 0.3) is 16.9 Å². The Hall–Kier alpha value is -3.58. The number of nitrogens with zero attached hydrogens (tertiary/aromatic N) is 2. The predicted molar refractivity (Wildman–Crippen MR) is 115 cm³/mol. The van der Waals surface area contributed by atoms with E-state index in [4.69, 9.17) is 0 Å². The third-order valence-corrected chi connectivity index (χ3v) is 4.81. The number of Topliss-reactive ketones (excluding diaryl/α,β-unsaturated/α-hetero) is 1. The summed E-state index contributed by atoms with van der Waals surface area (Å²) in [5.74, 6) is -2.76. The number of pyridine rings is 1. The molecule has 2 heterocycles. The fraction of sp³-hybridized carbons (Fsp3) is 0.0870. The maximum Gasteiger partial charge on any atom is 0.254 e. The van der Waals surface area contributed by atoms with Crippen molar-refractivity contribution < 1.29 is 18.4 Å². The zero-order chi connectivity index (χ0) is 21.3. The molecule has 31 heavy (non-hydrogen) atoms. The number of carbonyl (C=O) groups is 2. The number of amides is 1. The summed E-state index contributed by atoms with van der Waals surface area (Å²) in [5, 5.41) is 2.43. The summed E-state index contributed by atoms with van der Waals surface area (Å²) in [4.78, 5) is 29.2. The number of rotatable bonds is 5. The van der Waals surface area contributed by atoms with E-state index >= 15 is 0 Å². The summed E-state index contributed by atoms with van der Waals surface area (Å²) >= 11 is 0. The molecule has 1 N–H and O–H groups in total. The van der Waals surface area contributed by atoms with E-state index in [1.807, 2.05) is 28.8 Å². The van der Waals surface area contributed by atoms with Gasteiger partial charge in [0.25, 0.3) is 5.91 Å². The van der Waals surface area contributed by atoms with E-state index in [0.717, 1.165) is 5.65 Å². The molecule has 5 nitrogen and oxygen atoms in total. The van der Waals surface area contributed by atoms with Gasteiger partial charge in [0.1, 0.15) is 17.3 Å². The number of fused-ring (bicyclic) bond motifs is 1. The molecule has 1 amide bonds. The van der Waals surface area contributed by atoms with Crippen molar-refractivity contribution in [3.63, 3.8) is 0 Å². The summed E-state index contributed by atoms with van der Waals surface area (Å²) in [5.41, 5.74) is 1.61. The molecule has 1 atom stereocenters. The minimum absolute atomic E-state index is 0. The predicted octanol–water partition coefficient (Wildman–Crippen LogP) is 4.70. The van der Waals surface area contributed by atoms with Crippen molar-refractivity contribution in [3.8, 4) is 11.3 Å². The maximum atomic E-state index is 14.7. The number of aromatic nitrogens is 2. The number of nitrogens with one attached hydrogen (secondary N) is 1. The van der Waals surface area contributed by atoms with Crippen LogP contribution >= 0.6 is 12.4 Å². The molecule has 158 valence electrons. The Morgan fingerprint density at radius 3 is 2.45 bits per heavy atom. The lowest BCUT2D eigenvalue weighted by atomic mass is 10.0. The average Bonchev–Trinajstić information content (AvgIpc) is 3.17. The molecule has 0 aliphatic heterocycles. The van der Waals surface area contributed by atoms with Gasteiger partial charge in [0.05, 0.1) is 29.1 Å². The molecule has 4 aromatic rings. The largest absolute Gasteiger partial charge is 0.342 e. The maximum absolute atomic E-state index is 14.7. The van der Waals surface area contributed by atoms with E-state index in [0.29, 0.717) is 11.3 Å². The number of hydrogen-bond acceptors (Lipinski definition) is 3. The lowest BCUT2D eigenvalue weighted by Gasteiger charge is -2.14. The van der Waals surface area contributed by atoms with E-state index in [-0.39, 0.29) is 23.5 Å². The Kier molecular flexibility index (Phi) is 6.46. The molecule has 0 fully saturated rings. The topological polar surface area (TPSA) is 63.5 Å². The number of benzene rings is 2. The second-order valence-electron chi connectivity index (χ2n) is 6.81. The summed E-state index contributed by atoms with van der Waals surface area (Å²) in [7, 11) is 0. The zero-order valence-electron chi connectivity index (χ0n) is 16.4. The van der Waals surface area contributed by atoms with E-state index in [2.05, 4.69) is 10.3 Å². The highest BCUT2D eigenvalue weighted by Crippen LogP contribution is 2.23. The Morgan fingerprint density at radius 1 is 0.968 bits per heavy atom. The first-order chi connectivity index (χ1) is 14.5. The number of imidazole rings is 1. The molecule has 0 bridgehead atoms. The lowest BCUT2D eigenvalue weighted by molar-refractivity contribution is 0.0861. The van der Waals surface area contributed by atoms with Gasteiger partial charge in [0.2, 0.25) is 0 Å². The highest BCUT2D eigenvalue weighted by Gasteiger charge is 2.22. The summed E-state index contributed by atoms with van der Waals surface area (Å²) in [6.07, 6.45) is 3.44. The minimum Gasteiger partial charge on any atom is -0.342 e. The normalized spacial score (nSPS) is 11.6. The molecule has 0 aliphatic rings. The fourth-order valence-electron chi connectivity index (χ4n) is 3.24. The fourth-order valence-corrected chi connectivity index (χ4v) is 3.24. The molecule has 0 spiro atoms. The minimum atomic E-state index is -1.02. The SMILES string of the molecule is CC(NC(=O)c1ccc(-c2cnc3ccccn23)cc1F)C(=O)c1ccccc1F.Cl. The molecular formula is C23H18ClF2N3O2. The molecule has 2 aromatic heterocycles. The third kappa shape index (κ3) is 4.32. The van der Waals surface area contributed by atoms with Crippen molar-refractivity contribution in [2.75, 3.05) is 0 Å². The summed E-state index contributed by atoms with van der Waals surface area (Å²) in [6.45, 7) is 1.43. The first-order valence-corrected chi connectivity index (χ1v) is 9.27.